The van der Waals surface area contributed by atoms with Gasteiger partial charge in [0.1, 0.15) is 0 Å². The fourth-order valence-electron chi connectivity index (χ4n) is 3.01. The van der Waals surface area contributed by atoms with E-state index in [0.717, 1.165) is 31.4 Å². The number of likely N-dealkylation sites (tertiary alicyclic amines) is 1. The summed E-state index contributed by atoms with van der Waals surface area (Å²) < 4.78 is 0. The van der Waals surface area contributed by atoms with Crippen LogP contribution in [0, 0.1) is 0 Å². The minimum atomic E-state index is -0.351. The summed E-state index contributed by atoms with van der Waals surface area (Å²) in [7, 11) is 0. The van der Waals surface area contributed by atoms with Crippen molar-refractivity contribution in [2.24, 2.45) is 0 Å². The molecule has 1 aliphatic rings. The first-order valence-electron chi connectivity index (χ1n) is 7.86. The zero-order valence-corrected chi connectivity index (χ0v) is 13.1. The summed E-state index contributed by atoms with van der Waals surface area (Å²) in [6.07, 6.45) is 4.76. The van der Waals surface area contributed by atoms with E-state index in [4.69, 9.17) is 0 Å². The first-order valence-corrected chi connectivity index (χ1v) is 7.86. The highest BCUT2D eigenvalue weighted by Crippen LogP contribution is 2.19. The second-order valence-electron chi connectivity index (χ2n) is 5.73. The van der Waals surface area contributed by atoms with Crippen LogP contribution in [-0.2, 0) is 9.59 Å². The third kappa shape index (κ3) is 3.97. The van der Waals surface area contributed by atoms with Crippen LogP contribution in [0.2, 0.25) is 0 Å². The maximum Gasteiger partial charge on any atom is 0.231 e. The van der Waals surface area contributed by atoms with Crippen LogP contribution >= 0.6 is 0 Å². The van der Waals surface area contributed by atoms with E-state index in [1.54, 1.807) is 13.0 Å². The van der Waals surface area contributed by atoms with E-state index in [9.17, 15) is 9.59 Å². The average Bonchev–Trinajstić information content (AvgIpc) is 2.55. The second-order valence-corrected chi connectivity index (χ2v) is 5.73. The molecule has 1 N–H and O–H groups in total. The Morgan fingerprint density at radius 2 is 2.09 bits per heavy atom. The van der Waals surface area contributed by atoms with Crippen molar-refractivity contribution in [1.29, 1.82) is 0 Å². The molecule has 0 bridgehead atoms. The predicted molar refractivity (Wildman–Crippen MR) is 87.4 cm³/mol. The van der Waals surface area contributed by atoms with Crippen LogP contribution in [0.5, 0.6) is 0 Å². The fraction of sp³-hybridized carbons (Fsp3) is 0.444. The monoisotopic (exact) mass is 300 g/mol. The molecule has 0 spiro atoms. The summed E-state index contributed by atoms with van der Waals surface area (Å²) in [5.74, 6) is -0.326. The predicted octanol–water partition coefficient (Wildman–Crippen LogP) is 2.47. The smallest absolute Gasteiger partial charge is 0.231 e. The zero-order chi connectivity index (χ0) is 15.9. The molecular weight excluding hydrogens is 276 g/mol. The summed E-state index contributed by atoms with van der Waals surface area (Å²) in [5, 5.41) is 2.98. The van der Waals surface area contributed by atoms with Crippen molar-refractivity contribution in [3.63, 3.8) is 0 Å². The van der Waals surface area contributed by atoms with Crippen molar-refractivity contribution in [1.82, 2.24) is 10.2 Å². The normalized spacial score (nSPS) is 19.3. The lowest BCUT2D eigenvalue weighted by atomic mass is 9.97. The molecule has 2 unspecified atom stereocenters. The average molecular weight is 300 g/mol. The maximum absolute atomic E-state index is 12.4. The van der Waals surface area contributed by atoms with Gasteiger partial charge in [-0.3, -0.25) is 9.59 Å². The topological polar surface area (TPSA) is 49.4 Å². The van der Waals surface area contributed by atoms with Gasteiger partial charge in [0, 0.05) is 26.1 Å². The van der Waals surface area contributed by atoms with Crippen LogP contribution in [0.4, 0.5) is 0 Å². The van der Waals surface area contributed by atoms with Crippen LogP contribution in [0.3, 0.4) is 0 Å². The van der Waals surface area contributed by atoms with E-state index in [2.05, 4.69) is 11.9 Å². The SMILES string of the molecule is C=CC(C(=O)NCC1CCCCN1C(C)=O)c1ccccc1. The lowest BCUT2D eigenvalue weighted by molar-refractivity contribution is -0.133. The van der Waals surface area contributed by atoms with Gasteiger partial charge in [-0.25, -0.2) is 0 Å². The molecule has 2 amide bonds. The van der Waals surface area contributed by atoms with Crippen LogP contribution in [-0.4, -0.2) is 35.8 Å². The number of piperidine rings is 1. The number of hydrogen-bond acceptors (Lipinski definition) is 2. The summed E-state index contributed by atoms with van der Waals surface area (Å²) in [6.45, 7) is 6.67. The Morgan fingerprint density at radius 1 is 1.36 bits per heavy atom. The Balaban J connectivity index is 1.96. The molecule has 1 aromatic rings. The summed E-state index contributed by atoms with van der Waals surface area (Å²) in [6, 6.07) is 9.71. The molecule has 0 aromatic heterocycles. The number of benzene rings is 1. The third-order valence-electron chi connectivity index (χ3n) is 4.22. The van der Waals surface area contributed by atoms with Crippen molar-refractivity contribution in [3.8, 4) is 0 Å². The Hall–Kier alpha value is -2.10. The van der Waals surface area contributed by atoms with Crippen LogP contribution in [0.25, 0.3) is 0 Å². The van der Waals surface area contributed by atoms with Gasteiger partial charge in [-0.05, 0) is 24.8 Å². The minimum Gasteiger partial charge on any atom is -0.353 e. The number of amides is 2. The number of hydrogen-bond donors (Lipinski definition) is 1. The highest BCUT2D eigenvalue weighted by atomic mass is 16.2. The van der Waals surface area contributed by atoms with Crippen LogP contribution in [0.15, 0.2) is 43.0 Å². The highest BCUT2D eigenvalue weighted by Gasteiger charge is 2.25. The lowest BCUT2D eigenvalue weighted by Gasteiger charge is -2.35. The maximum atomic E-state index is 12.4. The molecule has 1 fully saturated rings. The van der Waals surface area contributed by atoms with Crippen molar-refractivity contribution < 1.29 is 9.59 Å². The molecule has 4 nitrogen and oxygen atoms in total. The summed E-state index contributed by atoms with van der Waals surface area (Å²) >= 11 is 0. The van der Waals surface area contributed by atoms with E-state index in [0.29, 0.717) is 6.54 Å². The van der Waals surface area contributed by atoms with Gasteiger partial charge in [0.15, 0.2) is 0 Å². The molecule has 22 heavy (non-hydrogen) atoms. The van der Waals surface area contributed by atoms with E-state index in [-0.39, 0.29) is 23.8 Å². The highest BCUT2D eigenvalue weighted by molar-refractivity contribution is 5.85. The van der Waals surface area contributed by atoms with Crippen molar-refractivity contribution in [2.75, 3.05) is 13.1 Å². The lowest BCUT2D eigenvalue weighted by Crippen LogP contribution is -2.49. The van der Waals surface area contributed by atoms with Gasteiger partial charge in [-0.15, -0.1) is 6.58 Å². The molecule has 1 aliphatic heterocycles. The first-order chi connectivity index (χ1) is 10.6. The van der Waals surface area contributed by atoms with Gasteiger partial charge in [0.2, 0.25) is 11.8 Å². The Labute approximate surface area is 132 Å². The molecule has 1 heterocycles. The van der Waals surface area contributed by atoms with E-state index < -0.39 is 0 Å². The van der Waals surface area contributed by atoms with Crippen LogP contribution < -0.4 is 5.32 Å². The number of carbonyl (C=O) groups excluding carboxylic acids is 2. The van der Waals surface area contributed by atoms with Crippen molar-refractivity contribution in [3.05, 3.63) is 48.6 Å². The number of nitrogens with one attached hydrogen (secondary N) is 1. The molecule has 1 aromatic carbocycles. The first kappa shape index (κ1) is 16.3. The molecule has 118 valence electrons. The van der Waals surface area contributed by atoms with Gasteiger partial charge < -0.3 is 10.2 Å². The Bertz CT molecular complexity index is 527. The number of rotatable bonds is 5. The largest absolute Gasteiger partial charge is 0.353 e. The Kier molecular flexibility index (Phi) is 5.75. The van der Waals surface area contributed by atoms with Crippen molar-refractivity contribution >= 4 is 11.8 Å². The molecule has 4 heteroatoms. The standard InChI is InChI=1S/C18H24N2O2/c1-3-17(15-9-5-4-6-10-15)18(22)19-13-16-11-7-8-12-20(16)14(2)21/h3-6,9-10,16-17H,1,7-8,11-13H2,2H3,(H,19,22). The van der Waals surface area contributed by atoms with E-state index in [1.807, 2.05) is 35.2 Å². The number of nitrogens with zero attached hydrogens (tertiary/aromatic N) is 1. The molecular formula is C18H24N2O2. The summed E-state index contributed by atoms with van der Waals surface area (Å²) in [5.41, 5.74) is 0.932. The van der Waals surface area contributed by atoms with E-state index >= 15 is 0 Å². The quantitative estimate of drug-likeness (QED) is 0.849. The van der Waals surface area contributed by atoms with E-state index in [1.165, 1.54) is 0 Å². The molecule has 0 saturated carbocycles. The molecule has 0 aliphatic carbocycles. The minimum absolute atomic E-state index is 0.0599. The van der Waals surface area contributed by atoms with Gasteiger partial charge in [-0.2, -0.15) is 0 Å². The molecule has 0 radical (unpaired) electrons. The number of carbonyl (C=O) groups is 2. The fourth-order valence-corrected chi connectivity index (χ4v) is 3.01. The molecule has 1 saturated heterocycles. The van der Waals surface area contributed by atoms with Crippen molar-refractivity contribution in [2.45, 2.75) is 38.1 Å². The molecule has 2 rings (SSSR count). The van der Waals surface area contributed by atoms with Gasteiger partial charge in [0.25, 0.3) is 0 Å². The zero-order valence-electron chi connectivity index (χ0n) is 13.1. The van der Waals surface area contributed by atoms with Gasteiger partial charge in [0.05, 0.1) is 5.92 Å². The second kappa shape index (κ2) is 7.78. The Morgan fingerprint density at radius 3 is 2.73 bits per heavy atom. The summed E-state index contributed by atoms with van der Waals surface area (Å²) in [4.78, 5) is 25.9. The van der Waals surface area contributed by atoms with Gasteiger partial charge in [-0.1, -0.05) is 36.4 Å². The molecule has 2 atom stereocenters. The van der Waals surface area contributed by atoms with Crippen LogP contribution in [0.1, 0.15) is 37.7 Å². The van der Waals surface area contributed by atoms with Gasteiger partial charge >= 0.3 is 0 Å². The third-order valence-corrected chi connectivity index (χ3v) is 4.22.